The largest absolute Gasteiger partial charge is 0.273 e. The van der Waals surface area contributed by atoms with Crippen LogP contribution < -0.4 is 4.72 Å². The van der Waals surface area contributed by atoms with Gasteiger partial charge in [-0.3, -0.25) is 10.1 Å². The highest BCUT2D eigenvalue weighted by molar-refractivity contribution is 7.89. The van der Waals surface area contributed by atoms with Crippen LogP contribution in [0.1, 0.15) is 11.1 Å². The minimum atomic E-state index is -3.79. The third-order valence-electron chi connectivity index (χ3n) is 3.00. The molecule has 0 saturated heterocycles. The Labute approximate surface area is 122 Å². The minimum Gasteiger partial charge on any atom is -0.258 e. The van der Waals surface area contributed by atoms with Gasteiger partial charge in [0.05, 0.1) is 9.82 Å². The normalized spacial score (nSPS) is 11.3. The fraction of sp³-hybridized carbons (Fsp3) is 0.143. The summed E-state index contributed by atoms with van der Waals surface area (Å²) >= 11 is 0. The Hall–Kier alpha value is -2.25. The molecule has 0 aromatic heterocycles. The summed E-state index contributed by atoms with van der Waals surface area (Å²) in [6.07, 6.45) is 0. The highest BCUT2D eigenvalue weighted by Crippen LogP contribution is 2.22. The SMILES string of the molecule is Cc1ccc(S(=O)(=O)NCc2ccccc2)cc1[N+](=O)[O-]. The van der Waals surface area contributed by atoms with Crippen molar-refractivity contribution in [3.63, 3.8) is 0 Å². The lowest BCUT2D eigenvalue weighted by atomic mass is 10.2. The van der Waals surface area contributed by atoms with Crippen molar-refractivity contribution in [2.75, 3.05) is 0 Å². The lowest BCUT2D eigenvalue weighted by molar-refractivity contribution is -0.385. The maximum Gasteiger partial charge on any atom is 0.273 e. The zero-order valence-electron chi connectivity index (χ0n) is 11.3. The monoisotopic (exact) mass is 306 g/mol. The van der Waals surface area contributed by atoms with Gasteiger partial charge in [-0.15, -0.1) is 0 Å². The number of rotatable bonds is 5. The summed E-state index contributed by atoms with van der Waals surface area (Å²) < 4.78 is 26.7. The Bertz CT molecular complexity index is 758. The van der Waals surface area contributed by atoms with Gasteiger partial charge in [-0.1, -0.05) is 36.4 Å². The Kier molecular flexibility index (Phi) is 4.35. The van der Waals surface area contributed by atoms with Gasteiger partial charge in [-0.2, -0.15) is 0 Å². The molecule has 0 aliphatic heterocycles. The molecular weight excluding hydrogens is 292 g/mol. The first kappa shape index (κ1) is 15.1. The zero-order valence-corrected chi connectivity index (χ0v) is 12.1. The molecule has 6 nitrogen and oxygen atoms in total. The molecule has 0 bridgehead atoms. The number of nitro benzene ring substituents is 1. The second-order valence-electron chi connectivity index (χ2n) is 4.52. The standard InChI is InChI=1S/C14H14N2O4S/c1-11-7-8-13(9-14(11)16(17)18)21(19,20)15-10-12-5-3-2-4-6-12/h2-9,15H,10H2,1H3. The van der Waals surface area contributed by atoms with Crippen LogP contribution in [0, 0.1) is 17.0 Å². The minimum absolute atomic E-state index is 0.115. The molecule has 7 heteroatoms. The Morgan fingerprint density at radius 2 is 1.81 bits per heavy atom. The summed E-state index contributed by atoms with van der Waals surface area (Å²) in [4.78, 5) is 10.2. The average Bonchev–Trinajstić information content (AvgIpc) is 2.46. The summed E-state index contributed by atoms with van der Waals surface area (Å²) in [7, 11) is -3.79. The van der Waals surface area contributed by atoms with E-state index in [1.165, 1.54) is 12.1 Å². The van der Waals surface area contributed by atoms with Crippen molar-refractivity contribution in [3.05, 3.63) is 69.8 Å². The molecule has 0 unspecified atom stereocenters. The van der Waals surface area contributed by atoms with Crippen LogP contribution in [0.3, 0.4) is 0 Å². The summed E-state index contributed by atoms with van der Waals surface area (Å²) in [5, 5.41) is 10.9. The Balaban J connectivity index is 2.24. The Morgan fingerprint density at radius 1 is 1.14 bits per heavy atom. The molecule has 21 heavy (non-hydrogen) atoms. The van der Waals surface area contributed by atoms with E-state index in [1.54, 1.807) is 31.2 Å². The van der Waals surface area contributed by atoms with Crippen LogP contribution in [0.2, 0.25) is 0 Å². The summed E-state index contributed by atoms with van der Waals surface area (Å²) in [5.41, 5.74) is 1.02. The van der Waals surface area contributed by atoms with Crippen LogP contribution in [-0.2, 0) is 16.6 Å². The van der Waals surface area contributed by atoms with Crippen molar-refractivity contribution >= 4 is 15.7 Å². The lowest BCUT2D eigenvalue weighted by Crippen LogP contribution is -2.23. The molecule has 0 saturated carbocycles. The molecule has 0 fully saturated rings. The van der Waals surface area contributed by atoms with Crippen LogP contribution in [0.4, 0.5) is 5.69 Å². The van der Waals surface area contributed by atoms with E-state index in [-0.39, 0.29) is 17.1 Å². The number of nitro groups is 1. The van der Waals surface area contributed by atoms with Gasteiger partial charge < -0.3 is 0 Å². The number of hydrogen-bond acceptors (Lipinski definition) is 4. The number of nitrogens with one attached hydrogen (secondary N) is 1. The highest BCUT2D eigenvalue weighted by Gasteiger charge is 2.19. The molecule has 2 aromatic carbocycles. The molecule has 0 atom stereocenters. The Morgan fingerprint density at radius 3 is 2.43 bits per heavy atom. The number of benzene rings is 2. The first-order valence-corrected chi connectivity index (χ1v) is 7.67. The van der Waals surface area contributed by atoms with Crippen LogP contribution in [0.15, 0.2) is 53.4 Å². The van der Waals surface area contributed by atoms with Crippen LogP contribution >= 0.6 is 0 Å². The molecule has 1 N–H and O–H groups in total. The molecule has 0 spiro atoms. The molecule has 2 aromatic rings. The fourth-order valence-corrected chi connectivity index (χ4v) is 2.85. The van der Waals surface area contributed by atoms with Gasteiger partial charge in [0.2, 0.25) is 10.0 Å². The van der Waals surface area contributed by atoms with E-state index in [2.05, 4.69) is 4.72 Å². The van der Waals surface area contributed by atoms with Crippen molar-refractivity contribution < 1.29 is 13.3 Å². The van der Waals surface area contributed by atoms with Gasteiger partial charge in [0.25, 0.3) is 5.69 Å². The lowest BCUT2D eigenvalue weighted by Gasteiger charge is -2.07. The van der Waals surface area contributed by atoms with E-state index in [9.17, 15) is 18.5 Å². The predicted octanol–water partition coefficient (Wildman–Crippen LogP) is 2.38. The number of sulfonamides is 1. The number of aryl methyl sites for hydroxylation is 1. The molecule has 0 amide bonds. The smallest absolute Gasteiger partial charge is 0.258 e. The summed E-state index contributed by atoms with van der Waals surface area (Å²) in [5.74, 6) is 0. The third-order valence-corrected chi connectivity index (χ3v) is 4.40. The van der Waals surface area contributed by atoms with Gasteiger partial charge in [-0.05, 0) is 18.6 Å². The summed E-state index contributed by atoms with van der Waals surface area (Å²) in [6.45, 7) is 1.69. The topological polar surface area (TPSA) is 89.3 Å². The van der Waals surface area contributed by atoms with E-state index < -0.39 is 14.9 Å². The van der Waals surface area contributed by atoms with E-state index in [0.717, 1.165) is 11.6 Å². The molecule has 0 radical (unpaired) electrons. The van der Waals surface area contributed by atoms with Crippen molar-refractivity contribution in [2.24, 2.45) is 0 Å². The van der Waals surface area contributed by atoms with Crippen molar-refractivity contribution in [1.29, 1.82) is 0 Å². The van der Waals surface area contributed by atoms with Crippen molar-refractivity contribution in [3.8, 4) is 0 Å². The van der Waals surface area contributed by atoms with Crippen molar-refractivity contribution in [1.82, 2.24) is 4.72 Å². The fourth-order valence-electron chi connectivity index (χ4n) is 1.81. The van der Waals surface area contributed by atoms with Crippen LogP contribution in [0.5, 0.6) is 0 Å². The second-order valence-corrected chi connectivity index (χ2v) is 6.28. The van der Waals surface area contributed by atoms with Gasteiger partial charge in [0.1, 0.15) is 0 Å². The van der Waals surface area contributed by atoms with E-state index in [1.807, 2.05) is 6.07 Å². The molecule has 2 rings (SSSR count). The zero-order chi connectivity index (χ0) is 15.5. The molecular formula is C14H14N2O4S. The quantitative estimate of drug-likeness (QED) is 0.678. The second kappa shape index (κ2) is 6.02. The van der Waals surface area contributed by atoms with E-state index in [4.69, 9.17) is 0 Å². The van der Waals surface area contributed by atoms with Crippen LogP contribution in [0.25, 0.3) is 0 Å². The van der Waals surface area contributed by atoms with E-state index in [0.29, 0.717) is 5.56 Å². The number of hydrogen-bond donors (Lipinski definition) is 1. The predicted molar refractivity (Wildman–Crippen MR) is 78.3 cm³/mol. The molecule has 110 valence electrons. The van der Waals surface area contributed by atoms with Crippen LogP contribution in [-0.4, -0.2) is 13.3 Å². The van der Waals surface area contributed by atoms with E-state index >= 15 is 0 Å². The van der Waals surface area contributed by atoms with Gasteiger partial charge in [0.15, 0.2) is 0 Å². The maximum atomic E-state index is 12.2. The average molecular weight is 306 g/mol. The summed E-state index contributed by atoms with van der Waals surface area (Å²) in [6, 6.07) is 12.9. The molecule has 0 aliphatic carbocycles. The van der Waals surface area contributed by atoms with Gasteiger partial charge in [-0.25, -0.2) is 13.1 Å². The van der Waals surface area contributed by atoms with Gasteiger partial charge >= 0.3 is 0 Å². The number of nitrogens with zero attached hydrogens (tertiary/aromatic N) is 1. The highest BCUT2D eigenvalue weighted by atomic mass is 32.2. The molecule has 0 heterocycles. The van der Waals surface area contributed by atoms with Gasteiger partial charge in [0, 0.05) is 18.2 Å². The van der Waals surface area contributed by atoms with Crippen molar-refractivity contribution in [2.45, 2.75) is 18.4 Å². The molecule has 0 aliphatic rings. The first-order valence-electron chi connectivity index (χ1n) is 6.19. The third kappa shape index (κ3) is 3.65. The first-order chi connectivity index (χ1) is 9.90. The maximum absolute atomic E-state index is 12.2.